The Balaban J connectivity index is 0.00000492. The van der Waals surface area contributed by atoms with Gasteiger partial charge in [-0.25, -0.2) is 4.98 Å². The summed E-state index contributed by atoms with van der Waals surface area (Å²) in [7, 11) is 0. The molecule has 71 heavy (non-hydrogen) atoms. The van der Waals surface area contributed by atoms with Gasteiger partial charge < -0.3 is 18.4 Å². The zero-order valence-corrected chi connectivity index (χ0v) is 40.2. The second kappa shape index (κ2) is 17.3. The van der Waals surface area contributed by atoms with Crippen molar-refractivity contribution in [3.8, 4) is 56.6 Å². The van der Waals surface area contributed by atoms with E-state index in [0.29, 0.717) is 11.5 Å². The number of pyridine rings is 1. The van der Waals surface area contributed by atoms with Crippen molar-refractivity contribution in [3.63, 3.8) is 0 Å². The van der Waals surface area contributed by atoms with Crippen LogP contribution in [0.3, 0.4) is 0 Å². The zero-order chi connectivity index (χ0) is 46.1. The van der Waals surface area contributed by atoms with Gasteiger partial charge in [-0.3, -0.25) is 4.57 Å². The predicted molar refractivity (Wildman–Crippen MR) is 283 cm³/mol. The molecule has 0 atom stereocenters. The van der Waals surface area contributed by atoms with Gasteiger partial charge in [0.05, 0.1) is 33.4 Å². The van der Waals surface area contributed by atoms with Crippen LogP contribution in [0.25, 0.3) is 111 Å². The van der Waals surface area contributed by atoms with Crippen molar-refractivity contribution < 1.29 is 30.4 Å². The molecular formula is C64H39N5OPt-2. The number of hydrogen-bond acceptors (Lipinski definition) is 2. The summed E-state index contributed by atoms with van der Waals surface area (Å²) in [5.74, 6) is 1.90. The van der Waals surface area contributed by atoms with E-state index in [1.165, 1.54) is 10.8 Å². The van der Waals surface area contributed by atoms with Gasteiger partial charge in [-0.1, -0.05) is 175 Å². The summed E-state index contributed by atoms with van der Waals surface area (Å²) >= 11 is 0. The molecule has 7 heteroatoms. The minimum atomic E-state index is 0. The van der Waals surface area contributed by atoms with E-state index >= 15 is 0 Å². The minimum absolute atomic E-state index is 0. The molecule has 10 aromatic carbocycles. The van der Waals surface area contributed by atoms with Crippen molar-refractivity contribution in [1.29, 1.82) is 0 Å². The van der Waals surface area contributed by atoms with Gasteiger partial charge in [-0.2, -0.15) is 18.2 Å². The van der Waals surface area contributed by atoms with E-state index in [4.69, 9.17) is 9.72 Å². The Morgan fingerprint density at radius 2 is 1.03 bits per heavy atom. The monoisotopic (exact) mass is 1090 g/mol. The average Bonchev–Trinajstić information content (AvgIpc) is 4.09. The van der Waals surface area contributed by atoms with E-state index in [2.05, 4.69) is 249 Å². The normalized spacial score (nSPS) is 11.5. The Morgan fingerprint density at radius 3 is 1.72 bits per heavy atom. The molecule has 0 bridgehead atoms. The van der Waals surface area contributed by atoms with Crippen LogP contribution in [-0.4, -0.2) is 18.7 Å². The summed E-state index contributed by atoms with van der Waals surface area (Å²) in [6.45, 7) is 0. The second-order valence-electron chi connectivity index (χ2n) is 17.5. The third-order valence-corrected chi connectivity index (χ3v) is 13.5. The molecule has 14 rings (SSSR count). The Hall–Kier alpha value is -8.83. The molecule has 0 N–H and O–H groups in total. The van der Waals surface area contributed by atoms with Gasteiger partial charge in [0.25, 0.3) is 6.33 Å². The summed E-state index contributed by atoms with van der Waals surface area (Å²) in [5.41, 5.74) is 13.5. The van der Waals surface area contributed by atoms with E-state index in [1.807, 2.05) is 24.4 Å². The van der Waals surface area contributed by atoms with E-state index < -0.39 is 0 Å². The van der Waals surface area contributed by atoms with Gasteiger partial charge in [0.1, 0.15) is 5.82 Å². The van der Waals surface area contributed by atoms with Crippen LogP contribution < -0.4 is 9.30 Å². The van der Waals surface area contributed by atoms with Crippen molar-refractivity contribution in [2.75, 3.05) is 0 Å². The fourth-order valence-corrected chi connectivity index (χ4v) is 10.5. The SMILES string of the molecule is [Pt].[c-]1c(Oc2[c-]c3c(cc2)c2ccccc2n3-c2cc(-n3c4ccccc4c4ccccc43)ccn2)cccc1-[n+]1[c-]n(-c2c(-c3ccccc3)cccc2-c2ccccc2)c2c3ccccc3ccc21. The molecule has 0 saturated carbocycles. The summed E-state index contributed by atoms with van der Waals surface area (Å²) in [6.07, 6.45) is 5.75. The van der Waals surface area contributed by atoms with Gasteiger partial charge in [0.15, 0.2) is 0 Å². The molecule has 4 heterocycles. The molecule has 338 valence electrons. The number of hydrogen-bond donors (Lipinski definition) is 0. The molecule has 0 aliphatic rings. The minimum Gasteiger partial charge on any atom is -0.510 e. The Morgan fingerprint density at radius 1 is 0.451 bits per heavy atom. The molecule has 14 aromatic rings. The summed E-state index contributed by atoms with van der Waals surface area (Å²) in [5, 5.41) is 6.86. The fraction of sp³-hybridized carbons (Fsp3) is 0. The number of ether oxygens (including phenoxy) is 1. The number of rotatable bonds is 8. The van der Waals surface area contributed by atoms with Crippen LogP contribution in [0.15, 0.2) is 237 Å². The number of benzene rings is 10. The predicted octanol–water partition coefficient (Wildman–Crippen LogP) is 15.2. The number of aromatic nitrogens is 5. The van der Waals surface area contributed by atoms with Gasteiger partial charge in [0, 0.05) is 61.1 Å². The Kier molecular flexibility index (Phi) is 10.3. The molecule has 0 saturated heterocycles. The fourth-order valence-electron chi connectivity index (χ4n) is 10.5. The van der Waals surface area contributed by atoms with Crippen LogP contribution in [0.2, 0.25) is 0 Å². The Bertz CT molecular complexity index is 4230. The van der Waals surface area contributed by atoms with E-state index in [-0.39, 0.29) is 21.1 Å². The Labute approximate surface area is 423 Å². The van der Waals surface area contributed by atoms with Gasteiger partial charge in [-0.05, 0) is 68.4 Å². The van der Waals surface area contributed by atoms with Crippen LogP contribution in [0.4, 0.5) is 0 Å². The smallest absolute Gasteiger partial charge is 0.268 e. The maximum atomic E-state index is 6.76. The van der Waals surface area contributed by atoms with Gasteiger partial charge in [0.2, 0.25) is 0 Å². The molecular weight excluding hydrogens is 1050 g/mol. The molecule has 0 amide bonds. The maximum Gasteiger partial charge on any atom is 0.268 e. The number of fused-ring (bicyclic) bond motifs is 9. The van der Waals surface area contributed by atoms with Gasteiger partial charge >= 0.3 is 0 Å². The van der Waals surface area contributed by atoms with Crippen molar-refractivity contribution in [1.82, 2.24) is 18.7 Å². The van der Waals surface area contributed by atoms with E-state index in [0.717, 1.165) is 99.8 Å². The number of imidazole rings is 1. The molecule has 0 spiro atoms. The summed E-state index contributed by atoms with van der Waals surface area (Å²) in [6, 6.07) is 88.0. The largest absolute Gasteiger partial charge is 0.510 e. The van der Waals surface area contributed by atoms with Crippen LogP contribution in [0.1, 0.15) is 0 Å². The van der Waals surface area contributed by atoms with Crippen molar-refractivity contribution in [2.45, 2.75) is 0 Å². The van der Waals surface area contributed by atoms with Crippen molar-refractivity contribution in [2.24, 2.45) is 0 Å². The zero-order valence-electron chi connectivity index (χ0n) is 38.0. The van der Waals surface area contributed by atoms with Crippen LogP contribution in [0, 0.1) is 18.5 Å². The van der Waals surface area contributed by atoms with Gasteiger partial charge in [-0.15, -0.1) is 29.7 Å². The first-order valence-corrected chi connectivity index (χ1v) is 23.5. The summed E-state index contributed by atoms with van der Waals surface area (Å²) < 4.78 is 15.6. The maximum absolute atomic E-state index is 6.76. The third-order valence-electron chi connectivity index (χ3n) is 13.5. The third kappa shape index (κ3) is 6.98. The van der Waals surface area contributed by atoms with E-state index in [9.17, 15) is 0 Å². The molecule has 0 radical (unpaired) electrons. The molecule has 4 aromatic heterocycles. The van der Waals surface area contributed by atoms with Crippen LogP contribution >= 0.6 is 0 Å². The van der Waals surface area contributed by atoms with Crippen LogP contribution in [0.5, 0.6) is 11.5 Å². The summed E-state index contributed by atoms with van der Waals surface area (Å²) in [4.78, 5) is 5.00. The van der Waals surface area contributed by atoms with E-state index in [1.54, 1.807) is 0 Å². The average molecular weight is 1090 g/mol. The first kappa shape index (κ1) is 42.3. The molecule has 6 nitrogen and oxygen atoms in total. The quantitative estimate of drug-likeness (QED) is 0.112. The molecule has 0 aliphatic heterocycles. The first-order valence-electron chi connectivity index (χ1n) is 23.5. The number of nitrogens with zero attached hydrogens (tertiary/aromatic N) is 5. The van der Waals surface area contributed by atoms with Crippen molar-refractivity contribution >= 4 is 65.4 Å². The molecule has 0 aliphatic carbocycles. The standard InChI is InChI=1S/C64H39N5O.Pt/c1-3-17-43(18-4-1)50-28-16-29-51(44-19-5-2-6-20-44)63(50)67-42-66(60-36-33-45-21-7-8-24-52(45)64(60)67)46-22-15-23-48(39-46)70-49-34-35-56-55-27-11-14-32-59(55)69(61(56)41-49)62-40-47(37-38-65-62)68-57-30-12-9-25-53(57)54-26-10-13-31-58(54)68;/h1-38,40H;/q-2;. The van der Waals surface area contributed by atoms with Crippen LogP contribution in [-0.2, 0) is 21.1 Å². The first-order chi connectivity index (χ1) is 34.7. The number of para-hydroxylation sites is 4. The molecule has 0 unspecified atom stereocenters. The molecule has 0 fully saturated rings. The van der Waals surface area contributed by atoms with Crippen molar-refractivity contribution in [3.05, 3.63) is 255 Å². The topological polar surface area (TPSA) is 40.8 Å². The second-order valence-corrected chi connectivity index (χ2v) is 17.5.